The van der Waals surface area contributed by atoms with Crippen LogP contribution >= 0.6 is 0 Å². The maximum Gasteiger partial charge on any atom is 0.0898 e. The van der Waals surface area contributed by atoms with Gasteiger partial charge in [0.25, 0.3) is 0 Å². The average Bonchev–Trinajstić information content (AvgIpc) is 2.75. The number of nitrogens with zero attached hydrogens (tertiary/aromatic N) is 1. The number of nitrogens with one attached hydrogen (secondary N) is 1. The molecule has 2 N–H and O–H groups in total. The quantitative estimate of drug-likeness (QED) is 0.487. The monoisotopic (exact) mass is 420 g/mol. The van der Waals surface area contributed by atoms with Gasteiger partial charge >= 0.3 is 0 Å². The molecule has 0 aliphatic rings. The minimum atomic E-state index is -0.560. The third-order valence-corrected chi connectivity index (χ3v) is 5.67. The van der Waals surface area contributed by atoms with E-state index in [0.717, 1.165) is 17.7 Å². The number of ether oxygens (including phenoxy) is 1. The number of aliphatic hydroxyl groups excluding tert-OH is 1. The van der Waals surface area contributed by atoms with Gasteiger partial charge in [0.05, 0.1) is 18.8 Å². The van der Waals surface area contributed by atoms with E-state index in [-0.39, 0.29) is 11.6 Å². The Morgan fingerprint density at radius 3 is 2.45 bits per heavy atom. The summed E-state index contributed by atoms with van der Waals surface area (Å²) in [5, 5.41) is 16.5. The summed E-state index contributed by atoms with van der Waals surface area (Å²) in [5.74, 6) is 0. The molecule has 0 aliphatic carbocycles. The van der Waals surface area contributed by atoms with Crippen molar-refractivity contribution >= 4 is 16.5 Å². The number of fused-ring (bicyclic) bond motifs is 1. The van der Waals surface area contributed by atoms with E-state index in [0.29, 0.717) is 13.2 Å². The lowest BCUT2D eigenvalue weighted by atomic mass is 9.93. The lowest BCUT2D eigenvalue weighted by Gasteiger charge is -2.28. The molecule has 3 aromatic rings. The topological polar surface area (TPSA) is 44.7 Å². The molecule has 3 aromatic carbocycles. The van der Waals surface area contributed by atoms with Crippen molar-refractivity contribution in [3.05, 3.63) is 77.9 Å². The normalized spacial score (nSPS) is 13.9. The number of anilines is 1. The fourth-order valence-electron chi connectivity index (χ4n) is 3.78. The average molecular weight is 421 g/mol. The molecule has 2 atom stereocenters. The molecule has 1 unspecified atom stereocenters. The van der Waals surface area contributed by atoms with Gasteiger partial charge in [-0.05, 0) is 61.2 Å². The molecule has 0 spiro atoms. The van der Waals surface area contributed by atoms with E-state index < -0.39 is 6.10 Å². The van der Waals surface area contributed by atoms with Crippen LogP contribution in [-0.4, -0.2) is 44.0 Å². The van der Waals surface area contributed by atoms with Crippen molar-refractivity contribution in [2.45, 2.75) is 44.9 Å². The number of β-amino-alcohol motifs (C(OH)–C–C–N with tert-alkyl or cyclic N) is 1. The zero-order chi connectivity index (χ0) is 22.4. The van der Waals surface area contributed by atoms with Crippen LogP contribution in [0.25, 0.3) is 10.8 Å². The van der Waals surface area contributed by atoms with E-state index in [1.807, 2.05) is 27.1 Å². The first-order chi connectivity index (χ1) is 14.7. The molecule has 0 aromatic heterocycles. The molecule has 0 saturated carbocycles. The Balaban J connectivity index is 1.48. The summed E-state index contributed by atoms with van der Waals surface area (Å²) in [7, 11) is 4.06. The van der Waals surface area contributed by atoms with E-state index in [2.05, 4.69) is 84.7 Å². The lowest BCUT2D eigenvalue weighted by molar-refractivity contribution is -0.00416. The van der Waals surface area contributed by atoms with Gasteiger partial charge < -0.3 is 20.1 Å². The largest absolute Gasteiger partial charge is 0.389 e. The first-order valence-corrected chi connectivity index (χ1v) is 11.0. The minimum absolute atomic E-state index is 0.0693. The van der Waals surface area contributed by atoms with Crippen molar-refractivity contribution in [1.29, 1.82) is 0 Å². The molecule has 4 heteroatoms. The summed E-state index contributed by atoms with van der Waals surface area (Å²) in [5.41, 5.74) is 3.42. The van der Waals surface area contributed by atoms with Crippen LogP contribution < -0.4 is 10.2 Å². The molecular formula is C27H36N2O2. The summed E-state index contributed by atoms with van der Waals surface area (Å²) in [6.07, 6.45) is 0.259. The molecule has 0 heterocycles. The van der Waals surface area contributed by atoms with Crippen LogP contribution in [0.15, 0.2) is 66.7 Å². The van der Waals surface area contributed by atoms with Crippen LogP contribution in [0.3, 0.4) is 0 Å². The maximum absolute atomic E-state index is 10.5. The minimum Gasteiger partial charge on any atom is -0.389 e. The van der Waals surface area contributed by atoms with E-state index in [1.165, 1.54) is 16.3 Å². The second-order valence-electron chi connectivity index (χ2n) is 9.24. The van der Waals surface area contributed by atoms with Gasteiger partial charge in [-0.2, -0.15) is 0 Å². The van der Waals surface area contributed by atoms with Crippen molar-refractivity contribution < 1.29 is 9.84 Å². The zero-order valence-electron chi connectivity index (χ0n) is 19.4. The predicted octanol–water partition coefficient (Wildman–Crippen LogP) is 4.96. The summed E-state index contributed by atoms with van der Waals surface area (Å²) in [6.45, 7) is 7.16. The summed E-state index contributed by atoms with van der Waals surface area (Å²) < 4.78 is 5.95. The SMILES string of the molecule is CC(OC[C@H](O)CNC(C)(C)Cc1ccc2ccccc2c1)c1cccc(N(C)C)c1. The standard InChI is InChI=1S/C27H36N2O2/c1-20(23-11-8-12-25(16-23)29(4)5)31-19-26(30)18-28-27(2,3)17-21-13-14-22-9-6-7-10-24(22)15-21/h6-16,20,26,28,30H,17-19H2,1-5H3/t20?,26-/m1/s1. The second-order valence-corrected chi connectivity index (χ2v) is 9.24. The van der Waals surface area contributed by atoms with Gasteiger partial charge in [0.2, 0.25) is 0 Å². The number of hydrogen-bond donors (Lipinski definition) is 2. The molecule has 0 aliphatic heterocycles. The van der Waals surface area contributed by atoms with Crippen molar-refractivity contribution in [3.63, 3.8) is 0 Å². The van der Waals surface area contributed by atoms with Gasteiger partial charge in [0.15, 0.2) is 0 Å². The van der Waals surface area contributed by atoms with Crippen molar-refractivity contribution in [2.75, 3.05) is 32.1 Å². The van der Waals surface area contributed by atoms with Crippen molar-refractivity contribution in [1.82, 2.24) is 5.32 Å². The van der Waals surface area contributed by atoms with Gasteiger partial charge in [-0.1, -0.05) is 54.6 Å². The Kier molecular flexibility index (Phi) is 7.71. The Hall–Kier alpha value is -2.40. The van der Waals surface area contributed by atoms with Crippen LogP contribution in [0.1, 0.15) is 38.0 Å². The summed E-state index contributed by atoms with van der Waals surface area (Å²) in [6, 6.07) is 23.3. The van der Waals surface area contributed by atoms with E-state index in [9.17, 15) is 5.11 Å². The van der Waals surface area contributed by atoms with Gasteiger partial charge in [-0.15, -0.1) is 0 Å². The molecule has 0 bridgehead atoms. The highest BCUT2D eigenvalue weighted by Crippen LogP contribution is 2.22. The molecule has 0 radical (unpaired) electrons. The summed E-state index contributed by atoms with van der Waals surface area (Å²) >= 11 is 0. The highest BCUT2D eigenvalue weighted by atomic mass is 16.5. The summed E-state index contributed by atoms with van der Waals surface area (Å²) in [4.78, 5) is 2.08. The third kappa shape index (κ3) is 6.79. The van der Waals surface area contributed by atoms with Crippen LogP contribution in [0.4, 0.5) is 5.69 Å². The maximum atomic E-state index is 10.5. The Bertz CT molecular complexity index is 984. The molecule has 31 heavy (non-hydrogen) atoms. The van der Waals surface area contributed by atoms with Gasteiger partial charge in [0, 0.05) is 31.9 Å². The first-order valence-electron chi connectivity index (χ1n) is 11.0. The first kappa shape index (κ1) is 23.3. The number of hydrogen-bond acceptors (Lipinski definition) is 4. The predicted molar refractivity (Wildman–Crippen MR) is 131 cm³/mol. The molecule has 4 nitrogen and oxygen atoms in total. The lowest BCUT2D eigenvalue weighted by Crippen LogP contribution is -2.46. The number of benzene rings is 3. The zero-order valence-corrected chi connectivity index (χ0v) is 19.4. The van der Waals surface area contributed by atoms with E-state index >= 15 is 0 Å². The smallest absolute Gasteiger partial charge is 0.0898 e. The van der Waals surface area contributed by atoms with Crippen LogP contribution in [0, 0.1) is 0 Å². The van der Waals surface area contributed by atoms with E-state index in [1.54, 1.807) is 0 Å². The fraction of sp³-hybridized carbons (Fsp3) is 0.407. The van der Waals surface area contributed by atoms with Crippen LogP contribution in [0.5, 0.6) is 0 Å². The fourth-order valence-corrected chi connectivity index (χ4v) is 3.78. The van der Waals surface area contributed by atoms with Gasteiger partial charge in [-0.25, -0.2) is 0 Å². The molecule has 166 valence electrons. The van der Waals surface area contributed by atoms with Gasteiger partial charge in [0.1, 0.15) is 0 Å². The van der Waals surface area contributed by atoms with Crippen LogP contribution in [-0.2, 0) is 11.2 Å². The number of rotatable bonds is 10. The van der Waals surface area contributed by atoms with E-state index in [4.69, 9.17) is 4.74 Å². The molecule has 0 fully saturated rings. The molecular weight excluding hydrogens is 384 g/mol. The molecule has 3 rings (SSSR count). The molecule has 0 saturated heterocycles. The third-order valence-electron chi connectivity index (χ3n) is 5.67. The Labute approximate surface area is 186 Å². The highest BCUT2D eigenvalue weighted by molar-refractivity contribution is 5.83. The second kappa shape index (κ2) is 10.3. The van der Waals surface area contributed by atoms with Crippen molar-refractivity contribution in [2.24, 2.45) is 0 Å². The number of aliphatic hydroxyl groups is 1. The van der Waals surface area contributed by atoms with Crippen LogP contribution in [0.2, 0.25) is 0 Å². The van der Waals surface area contributed by atoms with Crippen molar-refractivity contribution in [3.8, 4) is 0 Å². The Morgan fingerprint density at radius 1 is 0.968 bits per heavy atom. The Morgan fingerprint density at radius 2 is 1.71 bits per heavy atom. The van der Waals surface area contributed by atoms with Gasteiger partial charge in [-0.3, -0.25) is 0 Å². The molecule has 0 amide bonds. The highest BCUT2D eigenvalue weighted by Gasteiger charge is 2.20.